The highest BCUT2D eigenvalue weighted by Gasteiger charge is 2.17. The number of benzene rings is 2. The number of anilines is 1. The minimum Gasteiger partial charge on any atom is -0.369 e. The summed E-state index contributed by atoms with van der Waals surface area (Å²) in [6.45, 7) is 5.04. The Morgan fingerprint density at radius 1 is 0.957 bits per heavy atom. The first-order valence-electron chi connectivity index (χ1n) is 7.92. The number of rotatable bonds is 4. The van der Waals surface area contributed by atoms with Crippen molar-refractivity contribution in [2.45, 2.75) is 13.0 Å². The highest BCUT2D eigenvalue weighted by atomic mass is 35.5. The monoisotopic (exact) mass is 325 g/mol. The van der Waals surface area contributed by atoms with Gasteiger partial charge in [0.2, 0.25) is 0 Å². The fraction of sp³-hybridized carbons (Fsp3) is 0.316. The van der Waals surface area contributed by atoms with Crippen LogP contribution in [-0.2, 0) is 13.0 Å². The Morgan fingerprint density at radius 3 is 2.43 bits per heavy atom. The van der Waals surface area contributed by atoms with Crippen LogP contribution < -0.4 is 4.90 Å². The first kappa shape index (κ1) is 15.9. The second-order valence-corrected chi connectivity index (χ2v) is 6.33. The first-order chi connectivity index (χ1) is 11.2. The number of piperazine rings is 1. The van der Waals surface area contributed by atoms with Crippen molar-refractivity contribution in [2.24, 2.45) is 0 Å². The van der Waals surface area contributed by atoms with Crippen molar-refractivity contribution >= 4 is 17.3 Å². The molecule has 3 nitrogen and oxygen atoms in total. The van der Waals surface area contributed by atoms with E-state index < -0.39 is 0 Å². The maximum atomic E-state index is 8.81. The molecule has 1 fully saturated rings. The summed E-state index contributed by atoms with van der Waals surface area (Å²) in [6, 6.07) is 18.6. The van der Waals surface area contributed by atoms with Gasteiger partial charge in [-0.1, -0.05) is 41.9 Å². The summed E-state index contributed by atoms with van der Waals surface area (Å²) in [4.78, 5) is 4.85. The maximum Gasteiger partial charge on any atom is 0.0669 e. The smallest absolute Gasteiger partial charge is 0.0669 e. The zero-order chi connectivity index (χ0) is 16.1. The van der Waals surface area contributed by atoms with Crippen molar-refractivity contribution in [3.8, 4) is 6.07 Å². The first-order valence-corrected chi connectivity index (χ1v) is 8.30. The molecule has 4 heteroatoms. The van der Waals surface area contributed by atoms with E-state index in [1.807, 2.05) is 30.3 Å². The summed E-state index contributed by atoms with van der Waals surface area (Å²) >= 11 is 6.08. The average molecular weight is 326 g/mol. The van der Waals surface area contributed by atoms with E-state index in [2.05, 4.69) is 34.1 Å². The van der Waals surface area contributed by atoms with Crippen LogP contribution in [0.15, 0.2) is 48.5 Å². The van der Waals surface area contributed by atoms with E-state index in [1.54, 1.807) is 0 Å². The fourth-order valence-electron chi connectivity index (χ4n) is 3.02. The lowest BCUT2D eigenvalue weighted by Crippen LogP contribution is -2.45. The van der Waals surface area contributed by atoms with Gasteiger partial charge in [0.15, 0.2) is 0 Å². The highest BCUT2D eigenvalue weighted by molar-refractivity contribution is 6.30. The maximum absolute atomic E-state index is 8.81. The zero-order valence-corrected chi connectivity index (χ0v) is 13.8. The van der Waals surface area contributed by atoms with E-state index >= 15 is 0 Å². The quantitative estimate of drug-likeness (QED) is 0.858. The minimum atomic E-state index is 0.483. The van der Waals surface area contributed by atoms with Gasteiger partial charge in [-0.25, -0.2) is 0 Å². The van der Waals surface area contributed by atoms with E-state index in [0.717, 1.165) is 43.3 Å². The second-order valence-electron chi connectivity index (χ2n) is 5.90. The van der Waals surface area contributed by atoms with Crippen molar-refractivity contribution in [2.75, 3.05) is 31.1 Å². The van der Waals surface area contributed by atoms with Gasteiger partial charge < -0.3 is 4.90 Å². The van der Waals surface area contributed by atoms with Gasteiger partial charge in [0.1, 0.15) is 0 Å². The Hall–Kier alpha value is -2.02. The number of hydrogen-bond acceptors (Lipinski definition) is 3. The van der Waals surface area contributed by atoms with Gasteiger partial charge in [-0.3, -0.25) is 4.90 Å². The molecule has 0 aromatic heterocycles. The minimum absolute atomic E-state index is 0.483. The molecule has 0 aliphatic carbocycles. The van der Waals surface area contributed by atoms with Crippen molar-refractivity contribution in [1.29, 1.82) is 5.26 Å². The highest BCUT2D eigenvalue weighted by Crippen LogP contribution is 2.21. The molecule has 0 N–H and O–H groups in total. The topological polar surface area (TPSA) is 30.3 Å². The zero-order valence-electron chi connectivity index (χ0n) is 13.1. The predicted molar refractivity (Wildman–Crippen MR) is 94.7 cm³/mol. The molecule has 0 bridgehead atoms. The molecular formula is C19H20ClN3. The van der Waals surface area contributed by atoms with Crippen LogP contribution in [0.5, 0.6) is 0 Å². The lowest BCUT2D eigenvalue weighted by Gasteiger charge is -2.36. The molecule has 0 amide bonds. The van der Waals surface area contributed by atoms with Crippen LogP contribution >= 0.6 is 11.6 Å². The summed E-state index contributed by atoms with van der Waals surface area (Å²) in [5.41, 5.74) is 3.59. The van der Waals surface area contributed by atoms with Crippen LogP contribution in [0.3, 0.4) is 0 Å². The van der Waals surface area contributed by atoms with Crippen molar-refractivity contribution < 1.29 is 0 Å². The number of hydrogen-bond donors (Lipinski definition) is 0. The number of nitriles is 1. The van der Waals surface area contributed by atoms with Crippen LogP contribution in [0.2, 0.25) is 5.02 Å². The molecule has 23 heavy (non-hydrogen) atoms. The summed E-state index contributed by atoms with van der Waals surface area (Å²) < 4.78 is 0. The summed E-state index contributed by atoms with van der Waals surface area (Å²) in [5, 5.41) is 9.60. The van der Waals surface area contributed by atoms with Crippen LogP contribution in [0, 0.1) is 11.3 Å². The van der Waals surface area contributed by atoms with E-state index in [1.165, 1.54) is 11.3 Å². The van der Waals surface area contributed by atoms with Crippen molar-refractivity contribution in [3.05, 3.63) is 64.7 Å². The Balaban J connectivity index is 1.57. The van der Waals surface area contributed by atoms with E-state index in [0.29, 0.717) is 6.42 Å². The lowest BCUT2D eigenvalue weighted by molar-refractivity contribution is 0.250. The van der Waals surface area contributed by atoms with Gasteiger partial charge in [0.05, 0.1) is 12.5 Å². The molecule has 0 radical (unpaired) electrons. The summed E-state index contributed by atoms with van der Waals surface area (Å²) in [6.07, 6.45) is 0.483. The normalized spacial score (nSPS) is 15.4. The number of nitrogens with zero attached hydrogens (tertiary/aromatic N) is 3. The molecule has 3 rings (SSSR count). The van der Waals surface area contributed by atoms with E-state index in [-0.39, 0.29) is 0 Å². The Morgan fingerprint density at radius 2 is 1.70 bits per heavy atom. The lowest BCUT2D eigenvalue weighted by atomic mass is 10.1. The van der Waals surface area contributed by atoms with Crippen LogP contribution in [0.25, 0.3) is 0 Å². The van der Waals surface area contributed by atoms with Crippen LogP contribution in [0.4, 0.5) is 5.69 Å². The molecule has 0 atom stereocenters. The third kappa shape index (κ3) is 4.25. The number of halogens is 1. The molecule has 0 unspecified atom stereocenters. The summed E-state index contributed by atoms with van der Waals surface area (Å²) in [5.74, 6) is 0. The van der Waals surface area contributed by atoms with Crippen molar-refractivity contribution in [3.63, 3.8) is 0 Å². The molecule has 0 spiro atoms. The van der Waals surface area contributed by atoms with Gasteiger partial charge >= 0.3 is 0 Å². The van der Waals surface area contributed by atoms with Gasteiger partial charge in [0, 0.05) is 43.4 Å². The third-order valence-electron chi connectivity index (χ3n) is 4.23. The second kappa shape index (κ2) is 7.50. The van der Waals surface area contributed by atoms with Gasteiger partial charge in [0.25, 0.3) is 0 Å². The Labute approximate surface area is 142 Å². The Bertz CT molecular complexity index is 700. The SMILES string of the molecule is N#CCc1cccc(CN2CCN(c3cccc(Cl)c3)CC2)c1. The van der Waals surface area contributed by atoms with Crippen molar-refractivity contribution in [1.82, 2.24) is 4.90 Å². The fourth-order valence-corrected chi connectivity index (χ4v) is 3.21. The Kier molecular flexibility index (Phi) is 5.17. The molecule has 2 aromatic carbocycles. The molecule has 1 heterocycles. The standard InChI is InChI=1S/C19H20ClN3/c20-18-5-2-6-19(14-18)23-11-9-22(10-12-23)15-17-4-1-3-16(13-17)7-8-21/h1-6,13-14H,7,9-12,15H2. The molecule has 0 saturated carbocycles. The van der Waals surface area contributed by atoms with Gasteiger partial charge in [-0.2, -0.15) is 5.26 Å². The predicted octanol–water partition coefficient (Wildman–Crippen LogP) is 3.73. The molecule has 1 aliphatic heterocycles. The summed E-state index contributed by atoms with van der Waals surface area (Å²) in [7, 11) is 0. The average Bonchev–Trinajstić information content (AvgIpc) is 2.56. The largest absolute Gasteiger partial charge is 0.369 e. The van der Waals surface area contributed by atoms with E-state index in [4.69, 9.17) is 16.9 Å². The van der Waals surface area contributed by atoms with E-state index in [9.17, 15) is 0 Å². The van der Waals surface area contributed by atoms with Gasteiger partial charge in [-0.15, -0.1) is 0 Å². The third-order valence-corrected chi connectivity index (χ3v) is 4.46. The van der Waals surface area contributed by atoms with Gasteiger partial charge in [-0.05, 0) is 29.3 Å². The molecule has 2 aromatic rings. The molecule has 1 saturated heterocycles. The van der Waals surface area contributed by atoms with Crippen LogP contribution in [0.1, 0.15) is 11.1 Å². The molecule has 1 aliphatic rings. The van der Waals surface area contributed by atoms with Crippen LogP contribution in [-0.4, -0.2) is 31.1 Å². The molecule has 118 valence electrons. The molecular weight excluding hydrogens is 306 g/mol.